The number of rotatable bonds is 3. The number of imidazole rings is 1. The van der Waals surface area contributed by atoms with Gasteiger partial charge in [0, 0.05) is 10.6 Å². The van der Waals surface area contributed by atoms with Crippen LogP contribution in [0.4, 0.5) is 0 Å². The van der Waals surface area contributed by atoms with Crippen molar-refractivity contribution in [3.63, 3.8) is 0 Å². The maximum absolute atomic E-state index is 12.3. The summed E-state index contributed by atoms with van der Waals surface area (Å²) in [4.78, 5) is 29.5. The van der Waals surface area contributed by atoms with Gasteiger partial charge in [0.1, 0.15) is 5.69 Å². The molecule has 2 aromatic rings. The van der Waals surface area contributed by atoms with Gasteiger partial charge in [0.15, 0.2) is 5.69 Å². The van der Waals surface area contributed by atoms with Crippen LogP contribution in [-0.2, 0) is 0 Å². The van der Waals surface area contributed by atoms with Gasteiger partial charge in [-0.05, 0) is 37.1 Å². The van der Waals surface area contributed by atoms with Crippen molar-refractivity contribution in [2.24, 2.45) is 0 Å². The Bertz CT molecular complexity index is 677. The summed E-state index contributed by atoms with van der Waals surface area (Å²) < 4.78 is 0. The van der Waals surface area contributed by atoms with Gasteiger partial charge in [0.25, 0.3) is 0 Å². The molecule has 0 unspecified atom stereocenters. The van der Waals surface area contributed by atoms with Crippen LogP contribution >= 0.6 is 11.6 Å². The zero-order valence-electron chi connectivity index (χ0n) is 10.3. The van der Waals surface area contributed by atoms with Crippen molar-refractivity contribution in [1.29, 1.82) is 0 Å². The highest BCUT2D eigenvalue weighted by molar-refractivity contribution is 6.31. The molecule has 2 rings (SSSR count). The van der Waals surface area contributed by atoms with Crippen LogP contribution in [0, 0.1) is 13.8 Å². The lowest BCUT2D eigenvalue weighted by molar-refractivity contribution is 0.0687. The minimum Gasteiger partial charge on any atom is -0.477 e. The van der Waals surface area contributed by atoms with Gasteiger partial charge in [0.05, 0.1) is 6.33 Å². The standard InChI is InChI=1S/C13H11ClN2O3/c1-6-4-9(14)7(2)3-8(6)12(17)10-11(13(18)19)16-5-15-10/h3-5H,1-2H3,(H,15,16)(H,18,19). The summed E-state index contributed by atoms with van der Waals surface area (Å²) in [6.45, 7) is 3.52. The van der Waals surface area contributed by atoms with Gasteiger partial charge in [0.2, 0.25) is 5.78 Å². The number of hydrogen-bond donors (Lipinski definition) is 2. The van der Waals surface area contributed by atoms with E-state index >= 15 is 0 Å². The Morgan fingerprint density at radius 1 is 1.26 bits per heavy atom. The zero-order chi connectivity index (χ0) is 14.2. The lowest BCUT2D eigenvalue weighted by Crippen LogP contribution is -2.11. The van der Waals surface area contributed by atoms with Crippen molar-refractivity contribution in [3.8, 4) is 0 Å². The van der Waals surface area contributed by atoms with Crippen LogP contribution in [0.1, 0.15) is 37.7 Å². The normalized spacial score (nSPS) is 10.5. The molecule has 6 heteroatoms. The third kappa shape index (κ3) is 2.37. The Kier molecular flexibility index (Phi) is 3.40. The predicted molar refractivity (Wildman–Crippen MR) is 69.9 cm³/mol. The first-order chi connectivity index (χ1) is 8.91. The van der Waals surface area contributed by atoms with Crippen LogP contribution in [0.2, 0.25) is 5.02 Å². The van der Waals surface area contributed by atoms with E-state index in [1.165, 1.54) is 6.33 Å². The first kappa shape index (κ1) is 13.3. The molecule has 0 saturated carbocycles. The van der Waals surface area contributed by atoms with Crippen molar-refractivity contribution < 1.29 is 14.7 Å². The number of carbonyl (C=O) groups excluding carboxylic acids is 1. The fraction of sp³-hybridized carbons (Fsp3) is 0.154. The molecule has 0 atom stereocenters. The second kappa shape index (κ2) is 4.85. The monoisotopic (exact) mass is 278 g/mol. The minimum atomic E-state index is -1.22. The smallest absolute Gasteiger partial charge is 0.354 e. The highest BCUT2D eigenvalue weighted by Crippen LogP contribution is 2.22. The molecule has 0 amide bonds. The van der Waals surface area contributed by atoms with E-state index in [-0.39, 0.29) is 11.4 Å². The van der Waals surface area contributed by atoms with Crippen molar-refractivity contribution >= 4 is 23.4 Å². The number of aryl methyl sites for hydroxylation is 2. The number of aromatic carboxylic acids is 1. The number of benzene rings is 1. The summed E-state index contributed by atoms with van der Waals surface area (Å²) in [7, 11) is 0. The maximum atomic E-state index is 12.3. The van der Waals surface area contributed by atoms with Crippen molar-refractivity contribution in [2.75, 3.05) is 0 Å². The average molecular weight is 279 g/mol. The van der Waals surface area contributed by atoms with Gasteiger partial charge in [-0.3, -0.25) is 4.79 Å². The van der Waals surface area contributed by atoms with Gasteiger partial charge < -0.3 is 10.1 Å². The van der Waals surface area contributed by atoms with Gasteiger partial charge in [-0.25, -0.2) is 9.78 Å². The van der Waals surface area contributed by atoms with Crippen LogP contribution in [0.15, 0.2) is 18.5 Å². The van der Waals surface area contributed by atoms with Gasteiger partial charge in [-0.15, -0.1) is 0 Å². The molecule has 19 heavy (non-hydrogen) atoms. The van der Waals surface area contributed by atoms with E-state index in [1.54, 1.807) is 26.0 Å². The number of nitrogens with zero attached hydrogens (tertiary/aromatic N) is 1. The quantitative estimate of drug-likeness (QED) is 0.846. The molecule has 0 spiro atoms. The Labute approximate surface area is 114 Å². The van der Waals surface area contributed by atoms with Gasteiger partial charge in [-0.2, -0.15) is 0 Å². The molecular weight excluding hydrogens is 268 g/mol. The summed E-state index contributed by atoms with van der Waals surface area (Å²) in [6, 6.07) is 3.32. The van der Waals surface area contributed by atoms with E-state index in [0.717, 1.165) is 5.56 Å². The number of carboxylic acid groups (broad SMARTS) is 1. The fourth-order valence-electron chi connectivity index (χ4n) is 1.78. The molecule has 0 aliphatic heterocycles. The van der Waals surface area contributed by atoms with Crippen LogP contribution in [0.5, 0.6) is 0 Å². The number of carboxylic acids is 1. The Morgan fingerprint density at radius 3 is 2.58 bits per heavy atom. The summed E-state index contributed by atoms with van der Waals surface area (Å²) in [5.74, 6) is -1.65. The third-order valence-electron chi connectivity index (χ3n) is 2.82. The van der Waals surface area contributed by atoms with Gasteiger partial charge in [-0.1, -0.05) is 11.6 Å². The maximum Gasteiger partial charge on any atom is 0.354 e. The van der Waals surface area contributed by atoms with Crippen LogP contribution < -0.4 is 0 Å². The van der Waals surface area contributed by atoms with Crippen LogP contribution in [-0.4, -0.2) is 26.8 Å². The van der Waals surface area contributed by atoms with E-state index in [9.17, 15) is 9.59 Å². The lowest BCUT2D eigenvalue weighted by atomic mass is 9.99. The number of nitrogens with one attached hydrogen (secondary N) is 1. The van der Waals surface area contributed by atoms with E-state index in [4.69, 9.17) is 16.7 Å². The molecule has 1 heterocycles. The highest BCUT2D eigenvalue weighted by Gasteiger charge is 2.22. The number of aromatic amines is 1. The predicted octanol–water partition coefficient (Wildman–Crippen LogP) is 2.61. The highest BCUT2D eigenvalue weighted by atomic mass is 35.5. The van der Waals surface area contributed by atoms with E-state index in [2.05, 4.69) is 9.97 Å². The Hall–Kier alpha value is -2.14. The molecular formula is C13H11ClN2O3. The van der Waals surface area contributed by atoms with E-state index in [1.807, 2.05) is 0 Å². The second-order valence-electron chi connectivity index (χ2n) is 4.18. The van der Waals surface area contributed by atoms with E-state index in [0.29, 0.717) is 16.1 Å². The molecule has 2 N–H and O–H groups in total. The van der Waals surface area contributed by atoms with E-state index < -0.39 is 11.8 Å². The number of carbonyl (C=O) groups is 2. The van der Waals surface area contributed by atoms with Crippen LogP contribution in [0.3, 0.4) is 0 Å². The molecule has 0 radical (unpaired) electrons. The average Bonchev–Trinajstić information content (AvgIpc) is 2.82. The summed E-state index contributed by atoms with van der Waals surface area (Å²) in [6.07, 6.45) is 1.19. The zero-order valence-corrected chi connectivity index (χ0v) is 11.1. The first-order valence-electron chi connectivity index (χ1n) is 5.50. The molecule has 0 bridgehead atoms. The number of ketones is 1. The summed E-state index contributed by atoms with van der Waals surface area (Å²) in [5, 5.41) is 9.54. The molecule has 0 aliphatic rings. The number of hydrogen-bond acceptors (Lipinski definition) is 3. The molecule has 5 nitrogen and oxygen atoms in total. The minimum absolute atomic E-state index is 0.0997. The van der Waals surface area contributed by atoms with Crippen molar-refractivity contribution in [2.45, 2.75) is 13.8 Å². The topological polar surface area (TPSA) is 83.0 Å². The molecule has 0 fully saturated rings. The van der Waals surface area contributed by atoms with Crippen molar-refractivity contribution in [3.05, 3.63) is 51.6 Å². The Morgan fingerprint density at radius 2 is 1.95 bits per heavy atom. The molecule has 0 saturated heterocycles. The van der Waals surface area contributed by atoms with Crippen molar-refractivity contribution in [1.82, 2.24) is 9.97 Å². The van der Waals surface area contributed by atoms with Crippen LogP contribution in [0.25, 0.3) is 0 Å². The summed E-state index contributed by atoms with van der Waals surface area (Å²) >= 11 is 5.97. The second-order valence-corrected chi connectivity index (χ2v) is 4.58. The number of H-pyrrole nitrogens is 1. The lowest BCUT2D eigenvalue weighted by Gasteiger charge is -2.07. The number of halogens is 1. The van der Waals surface area contributed by atoms with Gasteiger partial charge >= 0.3 is 5.97 Å². The SMILES string of the molecule is Cc1cc(C(=O)c2nc[nH]c2C(=O)O)c(C)cc1Cl. The largest absolute Gasteiger partial charge is 0.477 e. The first-order valence-corrected chi connectivity index (χ1v) is 5.87. The molecule has 0 aliphatic carbocycles. The molecule has 1 aromatic heterocycles. The third-order valence-corrected chi connectivity index (χ3v) is 3.23. The molecule has 1 aromatic carbocycles. The molecule has 98 valence electrons. The fourth-order valence-corrected chi connectivity index (χ4v) is 2.00. The number of aromatic nitrogens is 2. The summed E-state index contributed by atoms with van der Waals surface area (Å²) in [5.41, 5.74) is 1.52. The Balaban J connectivity index is 2.53.